The minimum atomic E-state index is -0.613. The maximum Gasteiger partial charge on any atom is 0.234 e. The van der Waals surface area contributed by atoms with Gasteiger partial charge in [-0.25, -0.2) is 4.39 Å². The second kappa shape index (κ2) is 6.08. The van der Waals surface area contributed by atoms with Crippen molar-refractivity contribution in [3.63, 3.8) is 0 Å². The Morgan fingerprint density at radius 1 is 1.55 bits per heavy atom. The smallest absolute Gasteiger partial charge is 0.234 e. The molecule has 1 aromatic carbocycles. The molecule has 6 heteroatoms. The van der Waals surface area contributed by atoms with E-state index in [-0.39, 0.29) is 30.1 Å². The molecular weight excluding hydrogens is 283 g/mol. The molecular formula is C14H18ClFN2O2. The lowest BCUT2D eigenvalue weighted by Crippen LogP contribution is -2.53. The summed E-state index contributed by atoms with van der Waals surface area (Å²) in [6.07, 6.45) is 1.28. The van der Waals surface area contributed by atoms with Crippen LogP contribution in [-0.4, -0.2) is 29.2 Å². The van der Waals surface area contributed by atoms with Crippen LogP contribution in [0.4, 0.5) is 4.39 Å². The molecule has 1 saturated carbocycles. The van der Waals surface area contributed by atoms with Gasteiger partial charge in [0, 0.05) is 18.2 Å². The maximum atomic E-state index is 13.6. The Kier molecular flexibility index (Phi) is 4.62. The molecule has 0 spiro atoms. The van der Waals surface area contributed by atoms with E-state index in [0.717, 1.165) is 0 Å². The van der Waals surface area contributed by atoms with Gasteiger partial charge >= 0.3 is 0 Å². The van der Waals surface area contributed by atoms with Crippen LogP contribution in [0.3, 0.4) is 0 Å². The summed E-state index contributed by atoms with van der Waals surface area (Å²) in [6, 6.07) is 4.85. The van der Waals surface area contributed by atoms with Gasteiger partial charge in [-0.15, -0.1) is 0 Å². The van der Waals surface area contributed by atoms with E-state index in [1.54, 1.807) is 19.1 Å². The van der Waals surface area contributed by atoms with Crippen LogP contribution in [0, 0.1) is 5.82 Å². The molecule has 0 atom stereocenters. The number of nitrogens with one attached hydrogen (secondary N) is 2. The second-order valence-corrected chi connectivity index (χ2v) is 5.88. The van der Waals surface area contributed by atoms with Crippen molar-refractivity contribution in [2.24, 2.45) is 0 Å². The van der Waals surface area contributed by atoms with E-state index < -0.39 is 11.4 Å². The van der Waals surface area contributed by atoms with Gasteiger partial charge in [-0.1, -0.05) is 23.7 Å². The van der Waals surface area contributed by atoms with E-state index in [1.165, 1.54) is 6.07 Å². The zero-order valence-electron chi connectivity index (χ0n) is 11.2. The lowest BCUT2D eigenvalue weighted by atomic mass is 9.77. The van der Waals surface area contributed by atoms with Crippen LogP contribution in [0.25, 0.3) is 0 Å². The summed E-state index contributed by atoms with van der Waals surface area (Å²) in [7, 11) is 0. The van der Waals surface area contributed by atoms with Gasteiger partial charge in [-0.05, 0) is 25.8 Å². The van der Waals surface area contributed by atoms with Crippen LogP contribution < -0.4 is 10.6 Å². The number of aliphatic hydroxyl groups is 1. The van der Waals surface area contributed by atoms with Crippen molar-refractivity contribution in [2.45, 2.75) is 38.0 Å². The lowest BCUT2D eigenvalue weighted by molar-refractivity contribution is -0.121. The number of hydrogen-bond acceptors (Lipinski definition) is 3. The summed E-state index contributed by atoms with van der Waals surface area (Å²) < 4.78 is 13.6. The van der Waals surface area contributed by atoms with Crippen LogP contribution in [0.2, 0.25) is 5.02 Å². The molecule has 20 heavy (non-hydrogen) atoms. The van der Waals surface area contributed by atoms with Crippen LogP contribution in [0.5, 0.6) is 0 Å². The molecule has 3 N–H and O–H groups in total. The second-order valence-electron chi connectivity index (χ2n) is 5.47. The Hall–Kier alpha value is -1.17. The van der Waals surface area contributed by atoms with E-state index in [0.29, 0.717) is 18.4 Å². The first-order valence-corrected chi connectivity index (χ1v) is 6.90. The molecule has 0 bridgehead atoms. The predicted octanol–water partition coefficient (Wildman–Crippen LogP) is 1.60. The third-order valence-electron chi connectivity index (χ3n) is 3.43. The molecule has 0 aliphatic heterocycles. The molecule has 1 aliphatic rings. The van der Waals surface area contributed by atoms with Crippen LogP contribution in [0.1, 0.15) is 25.3 Å². The van der Waals surface area contributed by atoms with E-state index in [2.05, 4.69) is 10.6 Å². The van der Waals surface area contributed by atoms with Gasteiger partial charge in [0.05, 0.1) is 17.2 Å². The zero-order chi connectivity index (χ0) is 14.8. The fourth-order valence-electron chi connectivity index (χ4n) is 2.32. The molecule has 110 valence electrons. The standard InChI is InChI=1S/C14H18ClFN2O2/c1-14(20)5-10(6-14)17-8-12(19)18-7-9-3-2-4-11(15)13(9)16/h2-4,10,17,20H,5-8H2,1H3,(H,18,19)/t10-,14+. The van der Waals surface area contributed by atoms with Crippen molar-refractivity contribution in [3.05, 3.63) is 34.6 Å². The van der Waals surface area contributed by atoms with Crippen molar-refractivity contribution < 1.29 is 14.3 Å². The van der Waals surface area contributed by atoms with Gasteiger partial charge < -0.3 is 15.7 Å². The molecule has 2 rings (SSSR count). The normalized spacial score (nSPS) is 25.1. The monoisotopic (exact) mass is 300 g/mol. The third kappa shape index (κ3) is 3.91. The zero-order valence-corrected chi connectivity index (χ0v) is 12.0. The van der Waals surface area contributed by atoms with Crippen molar-refractivity contribution in [3.8, 4) is 0 Å². The van der Waals surface area contributed by atoms with Crippen LogP contribution in [-0.2, 0) is 11.3 Å². The summed E-state index contributed by atoms with van der Waals surface area (Å²) in [4.78, 5) is 11.6. The summed E-state index contributed by atoms with van der Waals surface area (Å²) in [5.74, 6) is -0.714. The molecule has 0 unspecified atom stereocenters. The summed E-state index contributed by atoms with van der Waals surface area (Å²) in [5, 5.41) is 15.3. The SMILES string of the molecule is C[C@]1(O)C[C@@H](NCC(=O)NCc2cccc(Cl)c2F)C1. The lowest BCUT2D eigenvalue weighted by Gasteiger charge is -2.41. The van der Waals surface area contributed by atoms with Crippen LogP contribution in [0.15, 0.2) is 18.2 Å². The van der Waals surface area contributed by atoms with Gasteiger partial charge in [0.25, 0.3) is 0 Å². The highest BCUT2D eigenvalue weighted by molar-refractivity contribution is 6.30. The number of hydrogen-bond donors (Lipinski definition) is 3. The molecule has 0 heterocycles. The average Bonchev–Trinajstić information content (AvgIpc) is 2.35. The number of carbonyl (C=O) groups is 1. The first-order chi connectivity index (χ1) is 9.37. The Morgan fingerprint density at radius 2 is 2.25 bits per heavy atom. The Balaban J connectivity index is 1.71. The number of benzene rings is 1. The molecule has 0 aromatic heterocycles. The fourth-order valence-corrected chi connectivity index (χ4v) is 2.52. The molecule has 0 radical (unpaired) electrons. The van der Waals surface area contributed by atoms with E-state index in [1.807, 2.05) is 0 Å². The topological polar surface area (TPSA) is 61.4 Å². The minimum Gasteiger partial charge on any atom is -0.390 e. The molecule has 0 saturated heterocycles. The molecule has 4 nitrogen and oxygen atoms in total. The Morgan fingerprint density at radius 3 is 2.90 bits per heavy atom. The predicted molar refractivity (Wildman–Crippen MR) is 74.9 cm³/mol. The average molecular weight is 301 g/mol. The number of rotatable bonds is 5. The molecule has 1 aliphatic carbocycles. The summed E-state index contributed by atoms with van der Waals surface area (Å²) >= 11 is 5.66. The van der Waals surface area contributed by atoms with E-state index >= 15 is 0 Å². The van der Waals surface area contributed by atoms with Gasteiger partial charge in [0.2, 0.25) is 5.91 Å². The number of halogens is 2. The molecule has 1 fully saturated rings. The third-order valence-corrected chi connectivity index (χ3v) is 3.72. The van der Waals surface area contributed by atoms with Crippen LogP contribution >= 0.6 is 11.6 Å². The van der Waals surface area contributed by atoms with Crippen molar-refractivity contribution in [1.82, 2.24) is 10.6 Å². The summed E-state index contributed by atoms with van der Waals surface area (Å²) in [5.41, 5.74) is -0.254. The Labute approximate surface area is 122 Å². The number of carbonyl (C=O) groups excluding carboxylic acids is 1. The highest BCUT2D eigenvalue weighted by atomic mass is 35.5. The first kappa shape index (κ1) is 15.2. The summed E-state index contributed by atoms with van der Waals surface area (Å²) in [6.45, 7) is 2.03. The molecule has 1 amide bonds. The van der Waals surface area contributed by atoms with Crippen molar-refractivity contribution in [1.29, 1.82) is 0 Å². The first-order valence-electron chi connectivity index (χ1n) is 6.53. The molecule has 1 aromatic rings. The van der Waals surface area contributed by atoms with Crippen molar-refractivity contribution >= 4 is 17.5 Å². The Bertz CT molecular complexity index is 500. The van der Waals surface area contributed by atoms with E-state index in [9.17, 15) is 14.3 Å². The minimum absolute atomic E-state index is 0.0478. The van der Waals surface area contributed by atoms with Gasteiger partial charge in [0.15, 0.2) is 0 Å². The largest absolute Gasteiger partial charge is 0.390 e. The highest BCUT2D eigenvalue weighted by Crippen LogP contribution is 2.31. The fraction of sp³-hybridized carbons (Fsp3) is 0.500. The quantitative estimate of drug-likeness (QED) is 0.774. The van der Waals surface area contributed by atoms with Gasteiger partial charge in [0.1, 0.15) is 5.82 Å². The van der Waals surface area contributed by atoms with Crippen molar-refractivity contribution in [2.75, 3.05) is 6.54 Å². The number of amides is 1. The van der Waals surface area contributed by atoms with E-state index in [4.69, 9.17) is 11.6 Å². The highest BCUT2D eigenvalue weighted by Gasteiger charge is 2.37. The van der Waals surface area contributed by atoms with Gasteiger partial charge in [-0.2, -0.15) is 0 Å². The van der Waals surface area contributed by atoms with Gasteiger partial charge in [-0.3, -0.25) is 4.79 Å². The maximum absolute atomic E-state index is 13.6.